The highest BCUT2D eigenvalue weighted by molar-refractivity contribution is 5.92. The molecule has 4 nitrogen and oxygen atoms in total. The first-order valence-corrected chi connectivity index (χ1v) is 6.68. The largest absolute Gasteiger partial charge is 0.369 e. The number of aromatic nitrogens is 2. The zero-order valence-corrected chi connectivity index (χ0v) is 10.9. The first-order valence-electron chi connectivity index (χ1n) is 6.68. The summed E-state index contributed by atoms with van der Waals surface area (Å²) >= 11 is 0. The van der Waals surface area contributed by atoms with Gasteiger partial charge in [-0.15, -0.1) is 0 Å². The van der Waals surface area contributed by atoms with Crippen molar-refractivity contribution >= 4 is 17.0 Å². The topological polar surface area (TPSA) is 56.2 Å². The lowest BCUT2D eigenvalue weighted by Gasteiger charge is -2.20. The Bertz CT molecular complexity index is 802. The van der Waals surface area contributed by atoms with E-state index in [9.17, 15) is 0 Å². The second-order valence-electron chi connectivity index (χ2n) is 4.97. The van der Waals surface area contributed by atoms with E-state index in [0.717, 1.165) is 23.3 Å². The highest BCUT2D eigenvalue weighted by Gasteiger charge is 2.23. The molecule has 1 aliphatic rings. The average Bonchev–Trinajstić information content (AvgIpc) is 2.87. The normalized spacial score (nSPS) is 17.8. The van der Waals surface area contributed by atoms with Gasteiger partial charge in [0.05, 0.1) is 17.1 Å². The number of fused-ring (bicyclic) bond motifs is 3. The zero-order chi connectivity index (χ0) is 13.5. The van der Waals surface area contributed by atoms with Crippen LogP contribution in [0.25, 0.3) is 11.0 Å². The molecule has 1 aromatic heterocycles. The number of nitrogens with zero attached hydrogens (tertiary/aromatic N) is 3. The number of imidazole rings is 1. The van der Waals surface area contributed by atoms with Gasteiger partial charge in [-0.3, -0.25) is 4.57 Å². The Morgan fingerprint density at radius 1 is 1.00 bits per heavy atom. The minimum atomic E-state index is 0.0560. The first-order chi connectivity index (χ1) is 9.83. The summed E-state index contributed by atoms with van der Waals surface area (Å²) in [6.07, 6.45) is 0.777. The molecule has 1 unspecified atom stereocenters. The minimum Gasteiger partial charge on any atom is -0.369 e. The number of hydrogen-bond donors (Lipinski definition) is 1. The summed E-state index contributed by atoms with van der Waals surface area (Å²) in [7, 11) is 0. The van der Waals surface area contributed by atoms with Crippen LogP contribution >= 0.6 is 0 Å². The molecular formula is C16H14N4. The van der Waals surface area contributed by atoms with Crippen molar-refractivity contribution < 1.29 is 0 Å². The van der Waals surface area contributed by atoms with Crippen molar-refractivity contribution in [1.82, 2.24) is 9.55 Å². The van der Waals surface area contributed by atoms with Crippen LogP contribution in [0.4, 0.5) is 0 Å². The van der Waals surface area contributed by atoms with E-state index in [1.807, 2.05) is 47.0 Å². The van der Waals surface area contributed by atoms with Crippen molar-refractivity contribution in [3.05, 3.63) is 66.0 Å². The summed E-state index contributed by atoms with van der Waals surface area (Å²) in [5.41, 5.74) is 9.32. The summed E-state index contributed by atoms with van der Waals surface area (Å²) in [4.78, 5) is 9.32. The van der Waals surface area contributed by atoms with Gasteiger partial charge in [-0.1, -0.05) is 42.5 Å². The number of rotatable bonds is 1. The van der Waals surface area contributed by atoms with Gasteiger partial charge in [0.2, 0.25) is 5.96 Å². The Hall–Kier alpha value is -2.62. The fraction of sp³-hybridized carbons (Fsp3) is 0.125. The maximum atomic E-state index is 6.16. The van der Waals surface area contributed by atoms with E-state index >= 15 is 0 Å². The van der Waals surface area contributed by atoms with Crippen molar-refractivity contribution in [1.29, 1.82) is 0 Å². The minimum absolute atomic E-state index is 0.0560. The van der Waals surface area contributed by atoms with Crippen LogP contribution in [-0.2, 0) is 6.42 Å². The van der Waals surface area contributed by atoms with Gasteiger partial charge in [-0.2, -0.15) is 0 Å². The van der Waals surface area contributed by atoms with Gasteiger partial charge in [0.15, 0.2) is 0 Å². The molecule has 98 valence electrons. The molecule has 0 saturated heterocycles. The fourth-order valence-electron chi connectivity index (χ4n) is 2.77. The maximum absolute atomic E-state index is 6.16. The van der Waals surface area contributed by atoms with Crippen LogP contribution in [0.3, 0.4) is 0 Å². The summed E-state index contributed by atoms with van der Waals surface area (Å²) < 4.78 is 1.95. The molecule has 0 bridgehead atoms. The van der Waals surface area contributed by atoms with Crippen LogP contribution in [0.5, 0.6) is 0 Å². The lowest BCUT2D eigenvalue weighted by atomic mass is 10.0. The SMILES string of the molecule is NC1=NC(c2ccccc2)Cc2nc3ccccc3n21. The van der Waals surface area contributed by atoms with Crippen molar-refractivity contribution in [2.75, 3.05) is 0 Å². The third kappa shape index (κ3) is 1.61. The van der Waals surface area contributed by atoms with Gasteiger partial charge in [0.1, 0.15) is 5.82 Å². The molecule has 20 heavy (non-hydrogen) atoms. The Morgan fingerprint density at radius 3 is 2.60 bits per heavy atom. The van der Waals surface area contributed by atoms with Gasteiger partial charge < -0.3 is 5.73 Å². The van der Waals surface area contributed by atoms with E-state index < -0.39 is 0 Å². The second kappa shape index (κ2) is 4.20. The number of benzene rings is 2. The molecular weight excluding hydrogens is 248 g/mol. The van der Waals surface area contributed by atoms with E-state index in [-0.39, 0.29) is 6.04 Å². The molecule has 0 fully saturated rings. The smallest absolute Gasteiger partial charge is 0.202 e. The zero-order valence-electron chi connectivity index (χ0n) is 10.9. The number of hydrogen-bond acceptors (Lipinski definition) is 3. The monoisotopic (exact) mass is 262 g/mol. The third-order valence-electron chi connectivity index (χ3n) is 3.71. The Labute approximate surface area is 116 Å². The van der Waals surface area contributed by atoms with Crippen molar-refractivity contribution in [3.63, 3.8) is 0 Å². The molecule has 2 aromatic carbocycles. The van der Waals surface area contributed by atoms with Gasteiger partial charge >= 0.3 is 0 Å². The molecule has 0 radical (unpaired) electrons. The third-order valence-corrected chi connectivity index (χ3v) is 3.71. The molecule has 0 saturated carbocycles. The molecule has 4 heteroatoms. The van der Waals surface area contributed by atoms with Crippen molar-refractivity contribution in [3.8, 4) is 0 Å². The van der Waals surface area contributed by atoms with Crippen molar-refractivity contribution in [2.24, 2.45) is 10.7 Å². The van der Waals surface area contributed by atoms with Crippen LogP contribution in [0, 0.1) is 0 Å². The van der Waals surface area contributed by atoms with Crippen LogP contribution in [-0.4, -0.2) is 15.5 Å². The number of aliphatic imine (C=N–C) groups is 1. The first kappa shape index (κ1) is 11.2. The number of para-hydroxylation sites is 2. The molecule has 2 heterocycles. The Kier molecular flexibility index (Phi) is 2.36. The lowest BCUT2D eigenvalue weighted by molar-refractivity contribution is 0.655. The predicted molar refractivity (Wildman–Crippen MR) is 79.6 cm³/mol. The second-order valence-corrected chi connectivity index (χ2v) is 4.97. The molecule has 4 rings (SSSR count). The van der Waals surface area contributed by atoms with Gasteiger partial charge in [-0.25, -0.2) is 9.98 Å². The Morgan fingerprint density at radius 2 is 1.75 bits per heavy atom. The van der Waals surface area contributed by atoms with Crippen LogP contribution in [0.15, 0.2) is 59.6 Å². The molecule has 0 amide bonds. The summed E-state index contributed by atoms with van der Waals surface area (Å²) in [6.45, 7) is 0. The summed E-state index contributed by atoms with van der Waals surface area (Å²) in [5, 5.41) is 0. The van der Waals surface area contributed by atoms with E-state index in [4.69, 9.17) is 5.73 Å². The highest BCUT2D eigenvalue weighted by atomic mass is 15.2. The standard InChI is InChI=1S/C16H14N4/c17-16-19-13(11-6-2-1-3-7-11)10-15-18-12-8-4-5-9-14(12)20(15)16/h1-9,13H,10H2,(H2,17,19). The van der Waals surface area contributed by atoms with E-state index in [2.05, 4.69) is 22.1 Å². The van der Waals surface area contributed by atoms with Crippen LogP contribution in [0.2, 0.25) is 0 Å². The maximum Gasteiger partial charge on any atom is 0.202 e. The molecule has 0 aliphatic carbocycles. The van der Waals surface area contributed by atoms with E-state index in [0.29, 0.717) is 5.96 Å². The Balaban J connectivity index is 1.85. The van der Waals surface area contributed by atoms with E-state index in [1.165, 1.54) is 5.56 Å². The quantitative estimate of drug-likeness (QED) is 0.732. The van der Waals surface area contributed by atoms with Gasteiger partial charge in [0, 0.05) is 6.42 Å². The van der Waals surface area contributed by atoms with Crippen LogP contribution < -0.4 is 5.73 Å². The molecule has 2 N–H and O–H groups in total. The van der Waals surface area contributed by atoms with Crippen LogP contribution in [0.1, 0.15) is 17.4 Å². The van der Waals surface area contributed by atoms with Gasteiger partial charge in [-0.05, 0) is 17.7 Å². The highest BCUT2D eigenvalue weighted by Crippen LogP contribution is 2.28. The van der Waals surface area contributed by atoms with E-state index in [1.54, 1.807) is 0 Å². The molecule has 3 aromatic rings. The molecule has 1 aliphatic heterocycles. The summed E-state index contributed by atoms with van der Waals surface area (Å²) in [6, 6.07) is 18.3. The fourth-order valence-corrected chi connectivity index (χ4v) is 2.77. The molecule has 1 atom stereocenters. The number of nitrogens with two attached hydrogens (primary N) is 1. The van der Waals surface area contributed by atoms with Gasteiger partial charge in [0.25, 0.3) is 0 Å². The average molecular weight is 262 g/mol. The predicted octanol–water partition coefficient (Wildman–Crippen LogP) is 2.50. The molecule has 0 spiro atoms. The van der Waals surface area contributed by atoms with Crippen molar-refractivity contribution in [2.45, 2.75) is 12.5 Å². The summed E-state index contributed by atoms with van der Waals surface area (Å²) in [5.74, 6) is 1.50. The lowest BCUT2D eigenvalue weighted by Crippen LogP contribution is -2.29.